The molecule has 0 spiro atoms. The fourth-order valence-corrected chi connectivity index (χ4v) is 2.56. The maximum Gasteiger partial charge on any atom is 0.255 e. The second-order valence-electron chi connectivity index (χ2n) is 5.81. The highest BCUT2D eigenvalue weighted by molar-refractivity contribution is 5.94. The first-order valence-corrected chi connectivity index (χ1v) is 8.69. The lowest BCUT2D eigenvalue weighted by Gasteiger charge is -2.23. The number of carbonyl (C=O) groups excluding carboxylic acids is 2. The number of primary amides is 1. The molecule has 0 radical (unpaired) electrons. The molecule has 0 aliphatic carbocycles. The Kier molecular flexibility index (Phi) is 7.49. The molecule has 0 aromatic heterocycles. The monoisotopic (exact) mass is 355 g/mol. The van der Waals surface area contributed by atoms with E-state index in [4.69, 9.17) is 10.5 Å². The van der Waals surface area contributed by atoms with Gasteiger partial charge in [0.2, 0.25) is 0 Å². The van der Waals surface area contributed by atoms with E-state index in [1.54, 1.807) is 24.3 Å². The molecule has 0 saturated heterocycles. The van der Waals surface area contributed by atoms with Crippen LogP contribution in [0.5, 0.6) is 5.75 Å². The molecular weight excluding hydrogens is 330 g/mol. The summed E-state index contributed by atoms with van der Waals surface area (Å²) in [6.07, 6.45) is 0.840. The molecule has 2 amide bonds. The zero-order chi connectivity index (χ0) is 18.8. The predicted molar refractivity (Wildman–Crippen MR) is 102 cm³/mol. The van der Waals surface area contributed by atoms with E-state index < -0.39 is 5.91 Å². The van der Waals surface area contributed by atoms with Gasteiger partial charge in [0.1, 0.15) is 5.75 Å². The van der Waals surface area contributed by atoms with Gasteiger partial charge < -0.3 is 20.7 Å². The minimum atomic E-state index is -0.557. The van der Waals surface area contributed by atoms with Crippen molar-refractivity contribution in [3.05, 3.63) is 60.2 Å². The van der Waals surface area contributed by atoms with Crippen LogP contribution in [0.15, 0.2) is 54.6 Å². The van der Waals surface area contributed by atoms with Crippen molar-refractivity contribution in [2.45, 2.75) is 13.3 Å². The van der Waals surface area contributed by atoms with Crippen molar-refractivity contribution >= 4 is 17.5 Å². The molecule has 0 bridgehead atoms. The SMILES string of the molecule is CCN(CCCNC(=O)c1cccc(OCC(N)=O)c1)c1ccccc1. The van der Waals surface area contributed by atoms with Crippen molar-refractivity contribution in [1.29, 1.82) is 0 Å². The minimum absolute atomic E-state index is 0.169. The topological polar surface area (TPSA) is 84.7 Å². The van der Waals surface area contributed by atoms with E-state index >= 15 is 0 Å². The van der Waals surface area contributed by atoms with Crippen LogP contribution < -0.4 is 20.7 Å². The summed E-state index contributed by atoms with van der Waals surface area (Å²) in [7, 11) is 0. The number of ether oxygens (including phenoxy) is 1. The Labute approximate surface area is 153 Å². The smallest absolute Gasteiger partial charge is 0.255 e. The summed E-state index contributed by atoms with van der Waals surface area (Å²) in [6, 6.07) is 16.9. The summed E-state index contributed by atoms with van der Waals surface area (Å²) < 4.78 is 5.22. The maximum absolute atomic E-state index is 12.2. The lowest BCUT2D eigenvalue weighted by Crippen LogP contribution is -2.30. The van der Waals surface area contributed by atoms with Gasteiger partial charge in [0.05, 0.1) is 0 Å². The van der Waals surface area contributed by atoms with Crippen LogP contribution in [0.2, 0.25) is 0 Å². The van der Waals surface area contributed by atoms with Gasteiger partial charge in [-0.15, -0.1) is 0 Å². The van der Waals surface area contributed by atoms with Crippen LogP contribution in [-0.2, 0) is 4.79 Å². The van der Waals surface area contributed by atoms with Crippen molar-refractivity contribution in [3.8, 4) is 5.75 Å². The van der Waals surface area contributed by atoms with Crippen molar-refractivity contribution in [1.82, 2.24) is 5.32 Å². The Morgan fingerprint density at radius 3 is 2.58 bits per heavy atom. The molecule has 0 fully saturated rings. The number of amides is 2. The molecule has 2 rings (SSSR count). The number of hydrogen-bond acceptors (Lipinski definition) is 4. The lowest BCUT2D eigenvalue weighted by atomic mass is 10.2. The standard InChI is InChI=1S/C20H25N3O3/c1-2-23(17-9-4-3-5-10-17)13-7-12-22-20(25)16-8-6-11-18(14-16)26-15-19(21)24/h3-6,8-11,14H,2,7,12-13,15H2,1H3,(H2,21,24)(H,22,25). The Balaban J connectivity index is 1.79. The quantitative estimate of drug-likeness (QED) is 0.640. The first-order valence-electron chi connectivity index (χ1n) is 8.69. The number of hydrogen-bond donors (Lipinski definition) is 2. The molecule has 2 aromatic carbocycles. The van der Waals surface area contributed by atoms with Crippen LogP contribution >= 0.6 is 0 Å². The third-order valence-corrected chi connectivity index (χ3v) is 3.87. The van der Waals surface area contributed by atoms with E-state index in [-0.39, 0.29) is 12.5 Å². The fraction of sp³-hybridized carbons (Fsp3) is 0.300. The Bertz CT molecular complexity index is 719. The molecule has 2 aromatic rings. The second-order valence-corrected chi connectivity index (χ2v) is 5.81. The lowest BCUT2D eigenvalue weighted by molar-refractivity contribution is -0.119. The predicted octanol–water partition coefficient (Wildman–Crippen LogP) is 2.20. The van der Waals surface area contributed by atoms with Crippen LogP contribution in [0, 0.1) is 0 Å². The number of carbonyl (C=O) groups is 2. The maximum atomic E-state index is 12.2. The van der Waals surface area contributed by atoms with Gasteiger partial charge in [-0.25, -0.2) is 0 Å². The minimum Gasteiger partial charge on any atom is -0.484 e. The number of nitrogens with one attached hydrogen (secondary N) is 1. The van der Waals surface area contributed by atoms with Gasteiger partial charge in [0.25, 0.3) is 11.8 Å². The van der Waals surface area contributed by atoms with Crippen molar-refractivity contribution in [2.75, 3.05) is 31.1 Å². The molecule has 6 nitrogen and oxygen atoms in total. The number of nitrogens with zero attached hydrogens (tertiary/aromatic N) is 1. The summed E-state index contributed by atoms with van der Waals surface area (Å²) in [6.45, 7) is 4.26. The Morgan fingerprint density at radius 1 is 1.12 bits per heavy atom. The van der Waals surface area contributed by atoms with Crippen LogP contribution in [-0.4, -0.2) is 38.1 Å². The van der Waals surface area contributed by atoms with Gasteiger partial charge in [-0.05, 0) is 43.7 Å². The van der Waals surface area contributed by atoms with Crippen LogP contribution in [0.4, 0.5) is 5.69 Å². The summed E-state index contributed by atoms with van der Waals surface area (Å²) in [5, 5.41) is 2.91. The summed E-state index contributed by atoms with van der Waals surface area (Å²) in [5.41, 5.74) is 6.72. The first-order chi connectivity index (χ1) is 12.6. The van der Waals surface area contributed by atoms with Gasteiger partial charge in [-0.1, -0.05) is 24.3 Å². The summed E-state index contributed by atoms with van der Waals surface area (Å²) >= 11 is 0. The molecule has 0 aliphatic rings. The molecule has 26 heavy (non-hydrogen) atoms. The van der Waals surface area contributed by atoms with E-state index in [1.807, 2.05) is 18.2 Å². The Hall–Kier alpha value is -3.02. The van der Waals surface area contributed by atoms with Gasteiger partial charge in [0, 0.05) is 30.9 Å². The summed E-state index contributed by atoms with van der Waals surface area (Å²) in [4.78, 5) is 25.3. The number of benzene rings is 2. The first kappa shape index (κ1) is 19.3. The molecule has 6 heteroatoms. The van der Waals surface area contributed by atoms with Crippen LogP contribution in [0.25, 0.3) is 0 Å². The average Bonchev–Trinajstić information content (AvgIpc) is 2.67. The normalized spacial score (nSPS) is 10.2. The highest BCUT2D eigenvalue weighted by atomic mass is 16.5. The van der Waals surface area contributed by atoms with Crippen LogP contribution in [0.3, 0.4) is 0 Å². The molecule has 138 valence electrons. The molecule has 0 heterocycles. The number of para-hydroxylation sites is 1. The highest BCUT2D eigenvalue weighted by Gasteiger charge is 2.08. The van der Waals surface area contributed by atoms with E-state index in [0.717, 1.165) is 19.5 Å². The number of rotatable bonds is 10. The largest absolute Gasteiger partial charge is 0.484 e. The average molecular weight is 355 g/mol. The van der Waals surface area contributed by atoms with E-state index in [0.29, 0.717) is 17.9 Å². The zero-order valence-electron chi connectivity index (χ0n) is 15.0. The van der Waals surface area contributed by atoms with Gasteiger partial charge in [-0.2, -0.15) is 0 Å². The summed E-state index contributed by atoms with van der Waals surface area (Å²) in [5.74, 6) is -0.284. The third-order valence-electron chi connectivity index (χ3n) is 3.87. The molecular formula is C20H25N3O3. The second kappa shape index (κ2) is 10.1. The molecule has 0 atom stereocenters. The molecule has 0 aliphatic heterocycles. The zero-order valence-corrected chi connectivity index (χ0v) is 15.0. The number of anilines is 1. The molecule has 0 unspecified atom stereocenters. The number of nitrogens with two attached hydrogens (primary N) is 1. The van der Waals surface area contributed by atoms with Crippen molar-refractivity contribution in [2.24, 2.45) is 5.73 Å². The van der Waals surface area contributed by atoms with E-state index in [9.17, 15) is 9.59 Å². The Morgan fingerprint density at radius 2 is 1.88 bits per heavy atom. The molecule has 3 N–H and O–H groups in total. The third kappa shape index (κ3) is 6.12. The van der Waals surface area contributed by atoms with Crippen LogP contribution in [0.1, 0.15) is 23.7 Å². The van der Waals surface area contributed by atoms with E-state index in [1.165, 1.54) is 5.69 Å². The van der Waals surface area contributed by atoms with Gasteiger partial charge in [0.15, 0.2) is 6.61 Å². The molecule has 0 saturated carbocycles. The van der Waals surface area contributed by atoms with Crippen molar-refractivity contribution < 1.29 is 14.3 Å². The van der Waals surface area contributed by atoms with Crippen molar-refractivity contribution in [3.63, 3.8) is 0 Å². The van der Waals surface area contributed by atoms with E-state index in [2.05, 4.69) is 29.3 Å². The highest BCUT2D eigenvalue weighted by Crippen LogP contribution is 2.14. The van der Waals surface area contributed by atoms with Gasteiger partial charge in [-0.3, -0.25) is 9.59 Å². The fourth-order valence-electron chi connectivity index (χ4n) is 2.56. The van der Waals surface area contributed by atoms with Gasteiger partial charge >= 0.3 is 0 Å².